The van der Waals surface area contributed by atoms with Crippen molar-refractivity contribution in [2.24, 2.45) is 4.99 Å². The number of aromatic nitrogens is 1. The third-order valence-electron chi connectivity index (χ3n) is 3.58. The van der Waals surface area contributed by atoms with Crippen LogP contribution in [0.1, 0.15) is 16.6 Å². The van der Waals surface area contributed by atoms with Gasteiger partial charge in [0.05, 0.1) is 6.04 Å². The Labute approximate surface area is 142 Å². The van der Waals surface area contributed by atoms with E-state index in [0.29, 0.717) is 6.04 Å². The lowest BCUT2D eigenvalue weighted by Gasteiger charge is -2.24. The Morgan fingerprint density at radius 1 is 1.26 bits per heavy atom. The average Bonchev–Trinajstić information content (AvgIpc) is 3.08. The van der Waals surface area contributed by atoms with Crippen LogP contribution in [0.25, 0.3) is 0 Å². The van der Waals surface area contributed by atoms with Crippen molar-refractivity contribution in [3.63, 3.8) is 0 Å². The molecule has 1 unspecified atom stereocenters. The smallest absolute Gasteiger partial charge is 0.191 e. The number of hydrogen-bond acceptors (Lipinski definition) is 4. The van der Waals surface area contributed by atoms with E-state index in [1.54, 1.807) is 18.4 Å². The Morgan fingerprint density at radius 3 is 2.74 bits per heavy atom. The van der Waals surface area contributed by atoms with Gasteiger partial charge in [-0.3, -0.25) is 9.98 Å². The zero-order valence-corrected chi connectivity index (χ0v) is 14.8. The molecule has 0 aliphatic carbocycles. The van der Waals surface area contributed by atoms with Crippen molar-refractivity contribution in [3.05, 3.63) is 52.5 Å². The molecular formula is C17H25N5S. The summed E-state index contributed by atoms with van der Waals surface area (Å²) in [6, 6.07) is 10.6. The highest BCUT2D eigenvalue weighted by Crippen LogP contribution is 2.22. The molecular weight excluding hydrogens is 306 g/mol. The minimum Gasteiger partial charge on any atom is -0.356 e. The Morgan fingerprint density at radius 2 is 2.13 bits per heavy atom. The monoisotopic (exact) mass is 331 g/mol. The van der Waals surface area contributed by atoms with Crippen LogP contribution in [0.3, 0.4) is 0 Å². The largest absolute Gasteiger partial charge is 0.356 e. The molecule has 0 fully saturated rings. The van der Waals surface area contributed by atoms with Gasteiger partial charge in [0, 0.05) is 43.3 Å². The summed E-state index contributed by atoms with van der Waals surface area (Å²) in [4.78, 5) is 12.2. The zero-order valence-electron chi connectivity index (χ0n) is 14.0. The highest BCUT2D eigenvalue weighted by atomic mass is 32.1. The summed E-state index contributed by atoms with van der Waals surface area (Å²) >= 11 is 1.78. The first kappa shape index (κ1) is 17.4. The first-order valence-corrected chi connectivity index (χ1v) is 8.63. The molecule has 2 rings (SSSR count). The summed E-state index contributed by atoms with van der Waals surface area (Å²) in [6.45, 7) is 1.62. The number of rotatable bonds is 7. The molecule has 0 aromatic carbocycles. The number of aliphatic imine (C=N–C) groups is 1. The summed E-state index contributed by atoms with van der Waals surface area (Å²) in [7, 11) is 6.00. The van der Waals surface area contributed by atoms with E-state index in [-0.39, 0.29) is 0 Å². The molecule has 0 amide bonds. The normalized spacial score (nSPS) is 13.1. The Bertz CT molecular complexity index is 580. The molecule has 0 aliphatic heterocycles. The molecule has 0 saturated heterocycles. The summed E-state index contributed by atoms with van der Waals surface area (Å²) in [6.07, 6.45) is 2.70. The van der Waals surface area contributed by atoms with Gasteiger partial charge in [0.2, 0.25) is 0 Å². The van der Waals surface area contributed by atoms with E-state index >= 15 is 0 Å². The average molecular weight is 331 g/mol. The van der Waals surface area contributed by atoms with Crippen molar-refractivity contribution in [3.8, 4) is 0 Å². The van der Waals surface area contributed by atoms with Gasteiger partial charge in [0.25, 0.3) is 0 Å². The first-order chi connectivity index (χ1) is 11.2. The predicted molar refractivity (Wildman–Crippen MR) is 98.1 cm³/mol. The summed E-state index contributed by atoms with van der Waals surface area (Å²) < 4.78 is 0. The molecule has 2 aromatic heterocycles. The summed E-state index contributed by atoms with van der Waals surface area (Å²) in [5, 5.41) is 8.87. The van der Waals surface area contributed by atoms with Crippen LogP contribution in [-0.2, 0) is 6.42 Å². The molecule has 2 aromatic rings. The van der Waals surface area contributed by atoms with Crippen LogP contribution in [0, 0.1) is 0 Å². The molecule has 0 saturated carbocycles. The zero-order chi connectivity index (χ0) is 16.5. The fourth-order valence-electron chi connectivity index (χ4n) is 2.29. The van der Waals surface area contributed by atoms with E-state index in [4.69, 9.17) is 0 Å². The molecule has 0 radical (unpaired) electrons. The maximum atomic E-state index is 4.33. The van der Waals surface area contributed by atoms with Gasteiger partial charge < -0.3 is 15.5 Å². The molecule has 5 nitrogen and oxygen atoms in total. The van der Waals surface area contributed by atoms with Crippen LogP contribution >= 0.6 is 11.3 Å². The van der Waals surface area contributed by atoms with Gasteiger partial charge in [-0.05, 0) is 37.7 Å². The number of guanidine groups is 1. The van der Waals surface area contributed by atoms with Gasteiger partial charge in [-0.25, -0.2) is 0 Å². The van der Waals surface area contributed by atoms with E-state index < -0.39 is 0 Å². The van der Waals surface area contributed by atoms with Crippen LogP contribution in [0.15, 0.2) is 46.9 Å². The van der Waals surface area contributed by atoms with Crippen molar-refractivity contribution in [1.29, 1.82) is 0 Å². The number of thiophene rings is 1. The van der Waals surface area contributed by atoms with Gasteiger partial charge in [-0.15, -0.1) is 11.3 Å². The minimum atomic E-state index is 0.337. The van der Waals surface area contributed by atoms with E-state index in [1.165, 1.54) is 4.88 Å². The predicted octanol–water partition coefficient (Wildman–Crippen LogP) is 2.15. The van der Waals surface area contributed by atoms with Crippen LogP contribution in [-0.4, -0.2) is 50.1 Å². The Hall–Kier alpha value is -1.92. The number of pyridine rings is 1. The summed E-state index contributed by atoms with van der Waals surface area (Å²) in [5.41, 5.74) is 1.08. The highest BCUT2D eigenvalue weighted by molar-refractivity contribution is 7.10. The molecule has 124 valence electrons. The molecule has 0 aliphatic rings. The maximum absolute atomic E-state index is 4.33. The third-order valence-corrected chi connectivity index (χ3v) is 4.55. The van der Waals surface area contributed by atoms with Gasteiger partial charge >= 0.3 is 0 Å². The number of hydrogen-bond donors (Lipinski definition) is 2. The molecule has 0 bridgehead atoms. The van der Waals surface area contributed by atoms with Crippen LogP contribution in [0.2, 0.25) is 0 Å². The number of nitrogens with one attached hydrogen (secondary N) is 2. The van der Waals surface area contributed by atoms with Gasteiger partial charge in [-0.2, -0.15) is 0 Å². The standard InChI is InChI=1S/C17H25N5S/c1-18-17(20-11-9-14-7-4-5-10-19-14)21-13-15(22(2)3)16-8-6-12-23-16/h4-8,10,12,15H,9,11,13H2,1-3H3,(H2,18,20,21). The lowest BCUT2D eigenvalue weighted by molar-refractivity contribution is 0.302. The SMILES string of the molecule is CN=C(NCCc1ccccn1)NCC(c1cccs1)N(C)C. The second kappa shape index (κ2) is 9.27. The second-order valence-corrected chi connectivity index (χ2v) is 6.43. The van der Waals surface area contributed by atoms with Crippen molar-refractivity contribution >= 4 is 17.3 Å². The maximum Gasteiger partial charge on any atom is 0.191 e. The molecule has 2 N–H and O–H groups in total. The van der Waals surface area contributed by atoms with Gasteiger partial charge in [-0.1, -0.05) is 12.1 Å². The van der Waals surface area contributed by atoms with Crippen molar-refractivity contribution in [2.75, 3.05) is 34.2 Å². The van der Waals surface area contributed by atoms with E-state index in [2.05, 4.69) is 57.1 Å². The Kier molecular flexibility index (Phi) is 7.03. The molecule has 0 spiro atoms. The molecule has 23 heavy (non-hydrogen) atoms. The molecule has 2 heterocycles. The lowest BCUT2D eigenvalue weighted by Crippen LogP contribution is -2.42. The van der Waals surface area contributed by atoms with Crippen molar-refractivity contribution in [2.45, 2.75) is 12.5 Å². The molecule has 6 heteroatoms. The fourth-order valence-corrected chi connectivity index (χ4v) is 3.21. The Balaban J connectivity index is 1.80. The van der Waals surface area contributed by atoms with E-state index in [1.807, 2.05) is 24.4 Å². The quantitative estimate of drug-likeness (QED) is 0.603. The van der Waals surface area contributed by atoms with Crippen molar-refractivity contribution in [1.82, 2.24) is 20.5 Å². The highest BCUT2D eigenvalue weighted by Gasteiger charge is 2.15. The topological polar surface area (TPSA) is 52.6 Å². The number of nitrogens with zero attached hydrogens (tertiary/aromatic N) is 3. The van der Waals surface area contributed by atoms with Gasteiger partial charge in [0.1, 0.15) is 0 Å². The van der Waals surface area contributed by atoms with Crippen molar-refractivity contribution < 1.29 is 0 Å². The third kappa shape index (κ3) is 5.65. The molecule has 1 atom stereocenters. The summed E-state index contributed by atoms with van der Waals surface area (Å²) in [5.74, 6) is 0.823. The van der Waals surface area contributed by atoms with E-state index in [0.717, 1.165) is 31.2 Å². The fraction of sp³-hybridized carbons (Fsp3) is 0.412. The first-order valence-electron chi connectivity index (χ1n) is 7.75. The number of likely N-dealkylation sites (N-methyl/N-ethyl adjacent to an activating group) is 1. The van der Waals surface area contributed by atoms with Crippen LogP contribution in [0.4, 0.5) is 0 Å². The van der Waals surface area contributed by atoms with Crippen LogP contribution < -0.4 is 10.6 Å². The van der Waals surface area contributed by atoms with Crippen LogP contribution in [0.5, 0.6) is 0 Å². The van der Waals surface area contributed by atoms with E-state index in [9.17, 15) is 0 Å². The second-order valence-electron chi connectivity index (χ2n) is 5.45. The lowest BCUT2D eigenvalue weighted by atomic mass is 10.2. The van der Waals surface area contributed by atoms with Gasteiger partial charge in [0.15, 0.2) is 5.96 Å². The minimum absolute atomic E-state index is 0.337.